The van der Waals surface area contributed by atoms with Crippen LogP contribution in [0.3, 0.4) is 0 Å². The van der Waals surface area contributed by atoms with Crippen LogP contribution in [0.2, 0.25) is 0 Å². The van der Waals surface area contributed by atoms with Crippen molar-refractivity contribution < 1.29 is 14.3 Å². The fraction of sp³-hybridized carbons (Fsp3) is 0.238. The SMILES string of the molecule is COc1ccc(C)cc1CC(=O)OCc1csc(-c2ccc(C)cc2)n1. The highest BCUT2D eigenvalue weighted by Crippen LogP contribution is 2.25. The lowest BCUT2D eigenvalue weighted by atomic mass is 10.1. The monoisotopic (exact) mass is 367 g/mol. The Morgan fingerprint density at radius 2 is 1.81 bits per heavy atom. The minimum absolute atomic E-state index is 0.176. The van der Waals surface area contributed by atoms with Crippen LogP contribution in [0.25, 0.3) is 10.6 Å². The predicted molar refractivity (Wildman–Crippen MR) is 104 cm³/mol. The summed E-state index contributed by atoms with van der Waals surface area (Å²) in [5.74, 6) is 0.404. The van der Waals surface area contributed by atoms with Gasteiger partial charge in [-0.1, -0.05) is 47.5 Å². The van der Waals surface area contributed by atoms with Crippen LogP contribution >= 0.6 is 11.3 Å². The van der Waals surface area contributed by atoms with Crippen LogP contribution in [-0.2, 0) is 22.6 Å². The number of nitrogens with zero attached hydrogens (tertiary/aromatic N) is 1. The molecule has 0 bridgehead atoms. The van der Waals surface area contributed by atoms with E-state index in [1.807, 2.05) is 42.6 Å². The van der Waals surface area contributed by atoms with Gasteiger partial charge in [0.25, 0.3) is 0 Å². The molecule has 0 saturated heterocycles. The number of aryl methyl sites for hydroxylation is 2. The molecule has 0 N–H and O–H groups in total. The van der Waals surface area contributed by atoms with Gasteiger partial charge >= 0.3 is 5.97 Å². The Morgan fingerprint density at radius 3 is 2.54 bits per heavy atom. The average molecular weight is 367 g/mol. The predicted octanol–water partition coefficient (Wildman–Crippen LogP) is 4.72. The van der Waals surface area contributed by atoms with Crippen molar-refractivity contribution >= 4 is 17.3 Å². The average Bonchev–Trinajstić information content (AvgIpc) is 3.10. The highest BCUT2D eigenvalue weighted by molar-refractivity contribution is 7.13. The van der Waals surface area contributed by atoms with E-state index in [4.69, 9.17) is 9.47 Å². The van der Waals surface area contributed by atoms with E-state index in [1.54, 1.807) is 18.4 Å². The number of esters is 1. The van der Waals surface area contributed by atoms with Gasteiger partial charge in [-0.3, -0.25) is 4.79 Å². The first-order valence-corrected chi connectivity index (χ1v) is 9.23. The van der Waals surface area contributed by atoms with Crippen molar-refractivity contribution in [2.75, 3.05) is 7.11 Å². The Hall–Kier alpha value is -2.66. The fourth-order valence-electron chi connectivity index (χ4n) is 2.61. The molecule has 0 atom stereocenters. The largest absolute Gasteiger partial charge is 0.496 e. The second kappa shape index (κ2) is 8.15. The minimum Gasteiger partial charge on any atom is -0.496 e. The summed E-state index contributed by atoms with van der Waals surface area (Å²) in [5, 5.41) is 2.85. The Morgan fingerprint density at radius 1 is 1.08 bits per heavy atom. The lowest BCUT2D eigenvalue weighted by Crippen LogP contribution is -2.09. The Balaban J connectivity index is 1.60. The summed E-state index contributed by atoms with van der Waals surface area (Å²) in [5.41, 5.74) is 4.95. The van der Waals surface area contributed by atoms with Gasteiger partial charge < -0.3 is 9.47 Å². The van der Waals surface area contributed by atoms with Crippen molar-refractivity contribution in [3.63, 3.8) is 0 Å². The molecule has 0 unspecified atom stereocenters. The first-order chi connectivity index (χ1) is 12.5. The lowest BCUT2D eigenvalue weighted by molar-refractivity contribution is -0.144. The molecular weight excluding hydrogens is 346 g/mol. The number of benzene rings is 2. The number of aromatic nitrogens is 1. The molecule has 3 rings (SSSR count). The third-order valence-corrected chi connectivity index (χ3v) is 4.94. The summed E-state index contributed by atoms with van der Waals surface area (Å²) in [4.78, 5) is 16.7. The van der Waals surface area contributed by atoms with E-state index in [2.05, 4.69) is 24.0 Å². The van der Waals surface area contributed by atoms with Gasteiger partial charge in [-0.15, -0.1) is 11.3 Å². The van der Waals surface area contributed by atoms with Crippen molar-refractivity contribution in [3.05, 3.63) is 70.2 Å². The van der Waals surface area contributed by atoms with E-state index in [-0.39, 0.29) is 19.0 Å². The summed E-state index contributed by atoms with van der Waals surface area (Å²) in [6, 6.07) is 14.0. The molecule has 0 saturated carbocycles. The van der Waals surface area contributed by atoms with Gasteiger partial charge in [0.05, 0.1) is 19.2 Å². The molecule has 0 radical (unpaired) electrons. The maximum absolute atomic E-state index is 12.2. The summed E-state index contributed by atoms with van der Waals surface area (Å²) in [7, 11) is 1.60. The van der Waals surface area contributed by atoms with Gasteiger partial charge in [0.15, 0.2) is 0 Å². The summed E-state index contributed by atoms with van der Waals surface area (Å²) in [6.07, 6.45) is 0.180. The van der Waals surface area contributed by atoms with Crippen LogP contribution in [0.1, 0.15) is 22.4 Å². The second-order valence-corrected chi connectivity index (χ2v) is 7.02. The van der Waals surface area contributed by atoms with Gasteiger partial charge in [-0.05, 0) is 19.9 Å². The molecule has 0 aliphatic rings. The zero-order valence-electron chi connectivity index (χ0n) is 15.1. The van der Waals surface area contributed by atoms with Crippen LogP contribution in [0, 0.1) is 13.8 Å². The van der Waals surface area contributed by atoms with Gasteiger partial charge in [0.1, 0.15) is 17.4 Å². The zero-order valence-corrected chi connectivity index (χ0v) is 15.9. The number of methoxy groups -OCH3 is 1. The third kappa shape index (κ3) is 4.49. The van der Waals surface area contributed by atoms with Crippen molar-refractivity contribution in [2.45, 2.75) is 26.9 Å². The number of thiazole rings is 1. The number of carbonyl (C=O) groups is 1. The topological polar surface area (TPSA) is 48.4 Å². The number of hydrogen-bond donors (Lipinski definition) is 0. The van der Waals surface area contributed by atoms with Crippen LogP contribution in [0.15, 0.2) is 47.8 Å². The zero-order chi connectivity index (χ0) is 18.5. The van der Waals surface area contributed by atoms with E-state index in [0.717, 1.165) is 27.4 Å². The molecule has 5 heteroatoms. The van der Waals surface area contributed by atoms with Crippen LogP contribution in [0.4, 0.5) is 0 Å². The Bertz CT molecular complexity index is 900. The molecule has 0 amide bonds. The number of hydrogen-bond acceptors (Lipinski definition) is 5. The molecule has 0 aliphatic carbocycles. The summed E-state index contributed by atoms with van der Waals surface area (Å²) >= 11 is 1.55. The second-order valence-electron chi connectivity index (χ2n) is 6.16. The van der Waals surface area contributed by atoms with Crippen LogP contribution in [0.5, 0.6) is 5.75 Å². The first-order valence-electron chi connectivity index (χ1n) is 8.36. The number of rotatable bonds is 6. The molecule has 0 aliphatic heterocycles. The fourth-order valence-corrected chi connectivity index (χ4v) is 3.42. The lowest BCUT2D eigenvalue weighted by Gasteiger charge is -2.09. The van der Waals surface area contributed by atoms with E-state index < -0.39 is 0 Å². The first kappa shape index (κ1) is 18.1. The maximum Gasteiger partial charge on any atom is 0.310 e. The smallest absolute Gasteiger partial charge is 0.310 e. The van der Waals surface area contributed by atoms with Gasteiger partial charge in [0, 0.05) is 16.5 Å². The third-order valence-electron chi connectivity index (χ3n) is 4.00. The molecule has 4 nitrogen and oxygen atoms in total. The Labute approximate surface area is 157 Å². The van der Waals surface area contributed by atoms with Crippen molar-refractivity contribution in [1.82, 2.24) is 4.98 Å². The van der Waals surface area contributed by atoms with E-state index in [0.29, 0.717) is 5.75 Å². The molecule has 1 heterocycles. The normalized spacial score (nSPS) is 10.6. The molecule has 0 spiro atoms. The maximum atomic E-state index is 12.2. The molecule has 1 aromatic heterocycles. The summed E-state index contributed by atoms with van der Waals surface area (Å²) < 4.78 is 10.7. The van der Waals surface area contributed by atoms with Gasteiger partial charge in [0.2, 0.25) is 0 Å². The molecule has 26 heavy (non-hydrogen) atoms. The quantitative estimate of drug-likeness (QED) is 0.592. The molecule has 2 aromatic carbocycles. The highest BCUT2D eigenvalue weighted by atomic mass is 32.1. The molecule has 3 aromatic rings. The van der Waals surface area contributed by atoms with Crippen LogP contribution < -0.4 is 4.74 Å². The number of carbonyl (C=O) groups excluding carboxylic acids is 1. The molecule has 134 valence electrons. The molecule has 0 fully saturated rings. The van der Waals surface area contributed by atoms with Crippen LogP contribution in [-0.4, -0.2) is 18.1 Å². The highest BCUT2D eigenvalue weighted by Gasteiger charge is 2.12. The standard InChI is InChI=1S/C21H21NO3S/c1-14-4-7-16(8-5-14)21-22-18(13-26-21)12-25-20(23)11-17-10-15(2)6-9-19(17)24-3/h4-10,13H,11-12H2,1-3H3. The van der Waals surface area contributed by atoms with E-state index >= 15 is 0 Å². The Kier molecular flexibility index (Phi) is 5.68. The molecular formula is C21H21NO3S. The number of ether oxygens (including phenoxy) is 2. The van der Waals surface area contributed by atoms with Gasteiger partial charge in [-0.2, -0.15) is 0 Å². The van der Waals surface area contributed by atoms with E-state index in [9.17, 15) is 4.79 Å². The van der Waals surface area contributed by atoms with Crippen molar-refractivity contribution in [1.29, 1.82) is 0 Å². The van der Waals surface area contributed by atoms with Crippen molar-refractivity contribution in [2.24, 2.45) is 0 Å². The minimum atomic E-state index is -0.293. The van der Waals surface area contributed by atoms with E-state index in [1.165, 1.54) is 5.56 Å². The van der Waals surface area contributed by atoms with Gasteiger partial charge in [-0.25, -0.2) is 4.98 Å². The van der Waals surface area contributed by atoms with Crippen molar-refractivity contribution in [3.8, 4) is 16.3 Å². The summed E-state index contributed by atoms with van der Waals surface area (Å²) in [6.45, 7) is 4.21.